The van der Waals surface area contributed by atoms with Gasteiger partial charge in [0.15, 0.2) is 0 Å². The first-order valence-corrected chi connectivity index (χ1v) is 4.64. The van der Waals surface area contributed by atoms with E-state index >= 15 is 0 Å². The first-order chi connectivity index (χ1) is 7.11. The van der Waals surface area contributed by atoms with Gasteiger partial charge in [-0.25, -0.2) is 0 Å². The Morgan fingerprint density at radius 3 is 2.27 bits per heavy atom. The minimum absolute atomic E-state index is 0.00491. The van der Waals surface area contributed by atoms with Crippen LogP contribution in [0.25, 0.3) is 0 Å². The Bertz CT molecular complexity index is 207. The Balaban J connectivity index is 2.60. The second-order valence-corrected chi connectivity index (χ2v) is 3.37. The Kier molecular flexibility index (Phi) is 4.49. The minimum Gasteiger partial charge on any atom is -0.499 e. The van der Waals surface area contributed by atoms with Gasteiger partial charge in [-0.1, -0.05) is 6.58 Å². The van der Waals surface area contributed by atoms with E-state index in [1.165, 1.54) is 6.26 Å². The molecule has 0 aromatic carbocycles. The molecule has 15 heavy (non-hydrogen) atoms. The first-order valence-electron chi connectivity index (χ1n) is 4.64. The molecule has 1 saturated heterocycles. The van der Waals surface area contributed by atoms with Gasteiger partial charge in [0.2, 0.25) is 0 Å². The quantitative estimate of drug-likeness (QED) is 0.408. The van der Waals surface area contributed by atoms with Crippen LogP contribution >= 0.6 is 0 Å². The maximum Gasteiger partial charge on any atom is 0.120 e. The normalized spacial score (nSPS) is 41.2. The lowest BCUT2D eigenvalue weighted by atomic mass is 9.95. The Morgan fingerprint density at radius 1 is 1.13 bits per heavy atom. The van der Waals surface area contributed by atoms with Crippen LogP contribution in [0.15, 0.2) is 12.8 Å². The van der Waals surface area contributed by atoms with Crippen LogP contribution in [-0.4, -0.2) is 64.2 Å². The summed E-state index contributed by atoms with van der Waals surface area (Å²) < 4.78 is 9.97. The largest absolute Gasteiger partial charge is 0.499 e. The molecule has 0 spiro atoms. The number of aliphatic hydroxyl groups excluding tert-OH is 4. The molecule has 1 rings (SSSR count). The highest BCUT2D eigenvalue weighted by Crippen LogP contribution is 2.21. The molecule has 0 bridgehead atoms. The van der Waals surface area contributed by atoms with E-state index in [1.807, 2.05) is 0 Å². The van der Waals surface area contributed by atoms with Crippen LogP contribution in [-0.2, 0) is 9.47 Å². The van der Waals surface area contributed by atoms with Crippen molar-refractivity contribution >= 4 is 0 Å². The molecular formula is C9H16O6. The number of aliphatic hydroxyl groups is 4. The van der Waals surface area contributed by atoms with Crippen molar-refractivity contribution in [1.82, 2.24) is 0 Å². The van der Waals surface area contributed by atoms with Crippen LogP contribution in [0, 0.1) is 0 Å². The Hall–Kier alpha value is -0.660. The van der Waals surface area contributed by atoms with Crippen molar-refractivity contribution in [1.29, 1.82) is 0 Å². The van der Waals surface area contributed by atoms with Gasteiger partial charge in [0.1, 0.15) is 37.1 Å². The molecule has 1 aliphatic rings. The van der Waals surface area contributed by atoms with E-state index in [-0.39, 0.29) is 6.61 Å². The van der Waals surface area contributed by atoms with Gasteiger partial charge < -0.3 is 29.9 Å². The molecule has 5 atom stereocenters. The molecule has 1 unspecified atom stereocenters. The predicted octanol–water partition coefficient (Wildman–Crippen LogP) is -2.01. The van der Waals surface area contributed by atoms with Crippen molar-refractivity contribution < 1.29 is 29.9 Å². The van der Waals surface area contributed by atoms with E-state index in [0.717, 1.165) is 0 Å². The van der Waals surface area contributed by atoms with Crippen LogP contribution in [0.3, 0.4) is 0 Å². The topological polar surface area (TPSA) is 99.4 Å². The van der Waals surface area contributed by atoms with Crippen molar-refractivity contribution in [3.05, 3.63) is 12.8 Å². The molecule has 0 aromatic heterocycles. The summed E-state index contributed by atoms with van der Waals surface area (Å²) in [4.78, 5) is 0. The molecule has 0 aromatic rings. The third kappa shape index (κ3) is 2.67. The van der Waals surface area contributed by atoms with E-state index < -0.39 is 37.1 Å². The van der Waals surface area contributed by atoms with Crippen molar-refractivity contribution in [3.8, 4) is 0 Å². The monoisotopic (exact) mass is 220 g/mol. The van der Waals surface area contributed by atoms with Crippen molar-refractivity contribution in [3.63, 3.8) is 0 Å². The lowest BCUT2D eigenvalue weighted by molar-refractivity contribution is -0.236. The highest BCUT2D eigenvalue weighted by atomic mass is 16.6. The fourth-order valence-electron chi connectivity index (χ4n) is 1.48. The third-order valence-electron chi connectivity index (χ3n) is 2.37. The highest BCUT2D eigenvalue weighted by molar-refractivity contribution is 4.91. The third-order valence-corrected chi connectivity index (χ3v) is 2.37. The van der Waals surface area contributed by atoms with E-state index in [1.54, 1.807) is 0 Å². The van der Waals surface area contributed by atoms with E-state index in [9.17, 15) is 15.3 Å². The zero-order valence-electron chi connectivity index (χ0n) is 8.19. The fourth-order valence-corrected chi connectivity index (χ4v) is 1.48. The summed E-state index contributed by atoms with van der Waals surface area (Å²) in [6, 6.07) is 0. The van der Waals surface area contributed by atoms with Gasteiger partial charge in [-0.05, 0) is 0 Å². The molecule has 6 nitrogen and oxygen atoms in total. The SMILES string of the molecule is C=COCC1O[C@H](CO)[C@@H](O)[C@H](O)[C@H]1O. The molecule has 0 saturated carbocycles. The molecule has 1 heterocycles. The molecule has 0 radical (unpaired) electrons. The Morgan fingerprint density at radius 2 is 1.73 bits per heavy atom. The van der Waals surface area contributed by atoms with Gasteiger partial charge in [0.05, 0.1) is 12.9 Å². The van der Waals surface area contributed by atoms with Crippen molar-refractivity contribution in [2.24, 2.45) is 0 Å². The summed E-state index contributed by atoms with van der Waals surface area (Å²) in [5, 5.41) is 37.2. The summed E-state index contributed by atoms with van der Waals surface area (Å²) in [5.41, 5.74) is 0. The van der Waals surface area contributed by atoms with Gasteiger partial charge in [-0.3, -0.25) is 0 Å². The van der Waals surface area contributed by atoms with Crippen LogP contribution in [0.4, 0.5) is 0 Å². The zero-order chi connectivity index (χ0) is 11.4. The number of rotatable bonds is 4. The summed E-state index contributed by atoms with van der Waals surface area (Å²) in [5.74, 6) is 0. The molecule has 6 heteroatoms. The maximum atomic E-state index is 9.52. The summed E-state index contributed by atoms with van der Waals surface area (Å²) >= 11 is 0. The first kappa shape index (κ1) is 12.4. The fraction of sp³-hybridized carbons (Fsp3) is 0.778. The Labute approximate surface area is 87.4 Å². The van der Waals surface area contributed by atoms with Gasteiger partial charge in [-0.2, -0.15) is 0 Å². The molecule has 0 aliphatic carbocycles. The molecular weight excluding hydrogens is 204 g/mol. The van der Waals surface area contributed by atoms with E-state index in [0.29, 0.717) is 0 Å². The molecule has 0 amide bonds. The average molecular weight is 220 g/mol. The highest BCUT2D eigenvalue weighted by Gasteiger charge is 2.43. The summed E-state index contributed by atoms with van der Waals surface area (Å²) in [7, 11) is 0. The maximum absolute atomic E-state index is 9.52. The number of hydrogen-bond acceptors (Lipinski definition) is 6. The lowest BCUT2D eigenvalue weighted by Crippen LogP contribution is -2.59. The predicted molar refractivity (Wildman–Crippen MR) is 49.9 cm³/mol. The smallest absolute Gasteiger partial charge is 0.120 e. The standard InChI is InChI=1S/C9H16O6/c1-2-14-4-6-8(12)9(13)7(11)5(3-10)15-6/h2,5-13H,1,3-4H2/t5-,6?,7-,8+,9+/m1/s1. The number of hydrogen-bond donors (Lipinski definition) is 4. The molecule has 1 fully saturated rings. The summed E-state index contributed by atoms with van der Waals surface area (Å²) in [6.07, 6.45) is -4.43. The lowest BCUT2D eigenvalue weighted by Gasteiger charge is -2.39. The minimum atomic E-state index is -1.35. The molecule has 88 valence electrons. The van der Waals surface area contributed by atoms with Crippen molar-refractivity contribution in [2.45, 2.75) is 30.5 Å². The van der Waals surface area contributed by atoms with Gasteiger partial charge in [-0.15, -0.1) is 0 Å². The number of ether oxygens (including phenoxy) is 2. The van der Waals surface area contributed by atoms with Crippen LogP contribution in [0.5, 0.6) is 0 Å². The van der Waals surface area contributed by atoms with Crippen LogP contribution in [0.2, 0.25) is 0 Å². The molecule has 1 aliphatic heterocycles. The van der Waals surface area contributed by atoms with Crippen LogP contribution < -0.4 is 0 Å². The molecule has 4 N–H and O–H groups in total. The zero-order valence-corrected chi connectivity index (χ0v) is 8.19. The van der Waals surface area contributed by atoms with E-state index in [4.69, 9.17) is 14.6 Å². The summed E-state index contributed by atoms with van der Waals surface area (Å²) in [6.45, 7) is 2.89. The van der Waals surface area contributed by atoms with E-state index in [2.05, 4.69) is 6.58 Å². The second kappa shape index (κ2) is 5.43. The van der Waals surface area contributed by atoms with Crippen molar-refractivity contribution in [2.75, 3.05) is 13.2 Å². The average Bonchev–Trinajstić information content (AvgIpc) is 2.25. The van der Waals surface area contributed by atoms with Gasteiger partial charge in [0.25, 0.3) is 0 Å². The van der Waals surface area contributed by atoms with Gasteiger partial charge >= 0.3 is 0 Å². The second-order valence-electron chi connectivity index (χ2n) is 3.37. The van der Waals surface area contributed by atoms with Gasteiger partial charge in [0, 0.05) is 0 Å². The van der Waals surface area contributed by atoms with Crippen LogP contribution in [0.1, 0.15) is 0 Å².